The molecule has 0 unspecified atom stereocenters. The lowest BCUT2D eigenvalue weighted by atomic mass is 9.99. The van der Waals surface area contributed by atoms with Crippen molar-refractivity contribution < 1.29 is 28.5 Å². The van der Waals surface area contributed by atoms with Crippen LogP contribution in [0.1, 0.15) is 48.0 Å². The summed E-state index contributed by atoms with van der Waals surface area (Å²) in [7, 11) is 0. The van der Waals surface area contributed by atoms with E-state index in [-0.39, 0.29) is 36.0 Å². The maximum absolute atomic E-state index is 11.7. The lowest BCUT2D eigenvalue weighted by Crippen LogP contribution is -2.20. The lowest BCUT2D eigenvalue weighted by Gasteiger charge is -2.18. The summed E-state index contributed by atoms with van der Waals surface area (Å²) in [5.41, 5.74) is 0.198. The average molecular weight is 358 g/mol. The number of rotatable bonds is 11. The maximum Gasteiger partial charge on any atom is 0.334 e. The van der Waals surface area contributed by atoms with E-state index in [0.29, 0.717) is 26.4 Å². The fourth-order valence-corrected chi connectivity index (χ4v) is 1.56. The molecule has 0 saturated heterocycles. The van der Waals surface area contributed by atoms with Gasteiger partial charge in [-0.15, -0.1) is 0 Å². The van der Waals surface area contributed by atoms with E-state index in [4.69, 9.17) is 18.9 Å². The summed E-state index contributed by atoms with van der Waals surface area (Å²) in [4.78, 5) is 23.3. The first-order valence-corrected chi connectivity index (χ1v) is 8.57. The molecule has 0 atom stereocenters. The van der Waals surface area contributed by atoms with Crippen LogP contribution in [0.15, 0.2) is 12.2 Å². The minimum absolute atomic E-state index is 0.0635. The molecule has 6 nitrogen and oxygen atoms in total. The van der Waals surface area contributed by atoms with Crippen LogP contribution >= 0.6 is 0 Å². The van der Waals surface area contributed by atoms with Gasteiger partial charge in [-0.3, -0.25) is 4.79 Å². The van der Waals surface area contributed by atoms with E-state index >= 15 is 0 Å². The lowest BCUT2D eigenvalue weighted by molar-refractivity contribution is -0.148. The molecule has 0 bridgehead atoms. The standard InChI is InChI=1S/C19H34O6/c1-15(17(21)25-11-9-23-14-19(5,6)7)12-16(20)24-10-8-22-13-18(2,3)4/h1,8-14H2,2-7H3. The highest BCUT2D eigenvalue weighted by molar-refractivity contribution is 5.93. The van der Waals surface area contributed by atoms with Crippen molar-refractivity contribution in [2.75, 3.05) is 39.6 Å². The molecule has 0 saturated carbocycles. The molecule has 0 aliphatic carbocycles. The van der Waals surface area contributed by atoms with Crippen LogP contribution in [-0.2, 0) is 28.5 Å². The largest absolute Gasteiger partial charge is 0.463 e. The Balaban J connectivity index is 3.77. The van der Waals surface area contributed by atoms with E-state index in [2.05, 4.69) is 48.1 Å². The predicted octanol–water partition coefficient (Wildman–Crippen LogP) is 3.14. The third kappa shape index (κ3) is 15.8. The molecule has 6 heteroatoms. The molecule has 0 N–H and O–H groups in total. The number of hydrogen-bond acceptors (Lipinski definition) is 6. The Morgan fingerprint density at radius 1 is 0.760 bits per heavy atom. The molecule has 0 aliphatic heterocycles. The fourth-order valence-electron chi connectivity index (χ4n) is 1.56. The Morgan fingerprint density at radius 3 is 1.64 bits per heavy atom. The van der Waals surface area contributed by atoms with Crippen molar-refractivity contribution in [1.29, 1.82) is 0 Å². The quantitative estimate of drug-likeness (QED) is 0.321. The van der Waals surface area contributed by atoms with Gasteiger partial charge >= 0.3 is 11.9 Å². The first kappa shape index (κ1) is 23.6. The molecule has 0 fully saturated rings. The van der Waals surface area contributed by atoms with Gasteiger partial charge in [0.15, 0.2) is 0 Å². The first-order chi connectivity index (χ1) is 11.4. The average Bonchev–Trinajstić information content (AvgIpc) is 2.43. The van der Waals surface area contributed by atoms with Crippen LogP contribution in [0.25, 0.3) is 0 Å². The summed E-state index contributed by atoms with van der Waals surface area (Å²) in [5.74, 6) is -1.13. The van der Waals surface area contributed by atoms with Gasteiger partial charge in [0, 0.05) is 5.57 Å². The summed E-state index contributed by atoms with van der Waals surface area (Å²) >= 11 is 0. The van der Waals surface area contributed by atoms with Crippen LogP contribution in [-0.4, -0.2) is 51.6 Å². The zero-order valence-electron chi connectivity index (χ0n) is 16.6. The van der Waals surface area contributed by atoms with E-state index in [0.717, 1.165) is 0 Å². The van der Waals surface area contributed by atoms with Crippen LogP contribution in [0.4, 0.5) is 0 Å². The zero-order valence-corrected chi connectivity index (χ0v) is 16.6. The molecule has 0 aromatic rings. The number of esters is 2. The normalized spacial score (nSPS) is 11.9. The van der Waals surface area contributed by atoms with Crippen molar-refractivity contribution in [2.24, 2.45) is 10.8 Å². The second kappa shape index (κ2) is 11.3. The van der Waals surface area contributed by atoms with Crippen molar-refractivity contribution in [3.05, 3.63) is 12.2 Å². The molecule has 0 aromatic heterocycles. The van der Waals surface area contributed by atoms with Gasteiger partial charge in [-0.2, -0.15) is 0 Å². The first-order valence-electron chi connectivity index (χ1n) is 8.57. The molecule has 25 heavy (non-hydrogen) atoms. The molecule has 0 spiro atoms. The van der Waals surface area contributed by atoms with E-state index < -0.39 is 11.9 Å². The van der Waals surface area contributed by atoms with Gasteiger partial charge < -0.3 is 18.9 Å². The van der Waals surface area contributed by atoms with E-state index in [1.165, 1.54) is 0 Å². The number of carbonyl (C=O) groups is 2. The van der Waals surface area contributed by atoms with E-state index in [1.54, 1.807) is 0 Å². The van der Waals surface area contributed by atoms with Crippen LogP contribution in [0, 0.1) is 10.8 Å². The molecule has 0 radical (unpaired) electrons. The minimum Gasteiger partial charge on any atom is -0.463 e. The van der Waals surface area contributed by atoms with Crippen LogP contribution in [0.3, 0.4) is 0 Å². The minimum atomic E-state index is -0.611. The van der Waals surface area contributed by atoms with Gasteiger partial charge in [-0.1, -0.05) is 48.1 Å². The Kier molecular flexibility index (Phi) is 10.6. The summed E-state index contributed by atoms with van der Waals surface area (Å²) in [6.45, 7) is 18.0. The van der Waals surface area contributed by atoms with Crippen LogP contribution in [0.5, 0.6) is 0 Å². The van der Waals surface area contributed by atoms with Gasteiger partial charge in [0.25, 0.3) is 0 Å². The third-order valence-corrected chi connectivity index (χ3v) is 2.67. The highest BCUT2D eigenvalue weighted by atomic mass is 16.6. The summed E-state index contributed by atoms with van der Waals surface area (Å²) in [6.07, 6.45) is -0.193. The second-order valence-electron chi connectivity index (χ2n) is 8.36. The van der Waals surface area contributed by atoms with Crippen molar-refractivity contribution in [2.45, 2.75) is 48.0 Å². The number of ether oxygens (including phenoxy) is 4. The number of carbonyl (C=O) groups excluding carboxylic acids is 2. The van der Waals surface area contributed by atoms with Crippen molar-refractivity contribution in [1.82, 2.24) is 0 Å². The predicted molar refractivity (Wildman–Crippen MR) is 96.2 cm³/mol. The van der Waals surface area contributed by atoms with Crippen molar-refractivity contribution >= 4 is 11.9 Å². The van der Waals surface area contributed by atoms with Crippen LogP contribution in [0.2, 0.25) is 0 Å². The topological polar surface area (TPSA) is 71.1 Å². The summed E-state index contributed by atoms with van der Waals surface area (Å²) < 4.78 is 20.8. The fraction of sp³-hybridized carbons (Fsp3) is 0.789. The van der Waals surface area contributed by atoms with Gasteiger partial charge in [0.2, 0.25) is 0 Å². The van der Waals surface area contributed by atoms with Crippen molar-refractivity contribution in [3.63, 3.8) is 0 Å². The number of hydrogen-bond donors (Lipinski definition) is 0. The SMILES string of the molecule is C=C(CC(=O)OCCOCC(C)(C)C)C(=O)OCCOCC(C)(C)C. The molecule has 0 aliphatic rings. The summed E-state index contributed by atoms with van der Waals surface area (Å²) in [5, 5.41) is 0. The Morgan fingerprint density at radius 2 is 1.20 bits per heavy atom. The van der Waals surface area contributed by atoms with E-state index in [9.17, 15) is 9.59 Å². The summed E-state index contributed by atoms with van der Waals surface area (Å²) in [6, 6.07) is 0. The van der Waals surface area contributed by atoms with Crippen molar-refractivity contribution in [3.8, 4) is 0 Å². The smallest absolute Gasteiger partial charge is 0.334 e. The van der Waals surface area contributed by atoms with Gasteiger partial charge in [-0.25, -0.2) is 4.79 Å². The zero-order chi connectivity index (χ0) is 19.5. The van der Waals surface area contributed by atoms with Gasteiger partial charge in [-0.05, 0) is 10.8 Å². The monoisotopic (exact) mass is 358 g/mol. The maximum atomic E-state index is 11.7. The molecule has 0 rings (SSSR count). The molecule has 0 heterocycles. The van der Waals surface area contributed by atoms with E-state index in [1.807, 2.05) is 0 Å². The van der Waals surface area contributed by atoms with Gasteiger partial charge in [0.05, 0.1) is 32.8 Å². The Labute approximate surface area is 151 Å². The highest BCUT2D eigenvalue weighted by Gasteiger charge is 2.15. The molecule has 0 amide bonds. The Bertz CT molecular complexity index is 428. The third-order valence-electron chi connectivity index (χ3n) is 2.67. The molecule has 146 valence electrons. The molecular formula is C19H34O6. The Hall–Kier alpha value is -1.40. The van der Waals surface area contributed by atoms with Crippen LogP contribution < -0.4 is 0 Å². The van der Waals surface area contributed by atoms with Gasteiger partial charge in [0.1, 0.15) is 13.2 Å². The molecule has 0 aromatic carbocycles. The highest BCUT2D eigenvalue weighted by Crippen LogP contribution is 2.13. The molecular weight excluding hydrogens is 324 g/mol. The second-order valence-corrected chi connectivity index (χ2v) is 8.36.